The first-order chi connectivity index (χ1) is 11.2. The van der Waals surface area contributed by atoms with Gasteiger partial charge in [-0.15, -0.1) is 0 Å². The van der Waals surface area contributed by atoms with Crippen molar-refractivity contribution in [3.05, 3.63) is 45.8 Å². The van der Waals surface area contributed by atoms with Crippen LogP contribution in [-0.2, 0) is 6.42 Å². The lowest BCUT2D eigenvalue weighted by molar-refractivity contribution is -0.159. The minimum Gasteiger partial charge on any atom is -0.432 e. The number of nitrogens with two attached hydrogens (primary N) is 1. The van der Waals surface area contributed by atoms with Gasteiger partial charge in [-0.25, -0.2) is 4.98 Å². The van der Waals surface area contributed by atoms with E-state index < -0.39 is 6.11 Å². The van der Waals surface area contributed by atoms with Crippen LogP contribution in [0.15, 0.2) is 29.0 Å². The highest BCUT2D eigenvalue weighted by Crippen LogP contribution is 2.31. The summed E-state index contributed by atoms with van der Waals surface area (Å²) in [5.74, 6) is 0.955. The van der Waals surface area contributed by atoms with Crippen molar-refractivity contribution in [1.82, 2.24) is 19.6 Å². The van der Waals surface area contributed by atoms with Gasteiger partial charge in [-0.3, -0.25) is 0 Å². The molecule has 0 aliphatic rings. The number of ether oxygens (including phenoxy) is 1. The van der Waals surface area contributed by atoms with E-state index in [0.29, 0.717) is 29.4 Å². The molecule has 2 heterocycles. The Kier molecular flexibility index (Phi) is 4.12. The van der Waals surface area contributed by atoms with Crippen LogP contribution in [0.25, 0.3) is 5.78 Å². The van der Waals surface area contributed by atoms with Gasteiger partial charge in [0.1, 0.15) is 17.9 Å². The summed E-state index contributed by atoms with van der Waals surface area (Å²) in [6.07, 6.45) is -1.38. The van der Waals surface area contributed by atoms with E-state index in [0.717, 1.165) is 16.8 Å². The molecule has 0 spiro atoms. The second-order valence-corrected chi connectivity index (χ2v) is 6.24. The van der Waals surface area contributed by atoms with Crippen LogP contribution >= 0.6 is 15.9 Å². The predicted octanol–water partition coefficient (Wildman–Crippen LogP) is 3.36. The maximum atomic E-state index is 13.0. The maximum absolute atomic E-state index is 13.0. The van der Waals surface area contributed by atoms with Crippen molar-refractivity contribution in [2.24, 2.45) is 0 Å². The highest BCUT2D eigenvalue weighted by Gasteiger charge is 2.24. The highest BCUT2D eigenvalue weighted by molar-refractivity contribution is 9.10. The summed E-state index contributed by atoms with van der Waals surface area (Å²) in [5, 5.41) is 4.04. The van der Waals surface area contributed by atoms with Gasteiger partial charge in [-0.2, -0.15) is 23.4 Å². The van der Waals surface area contributed by atoms with Gasteiger partial charge < -0.3 is 10.5 Å². The molecule has 0 amide bonds. The summed E-state index contributed by atoms with van der Waals surface area (Å²) in [5.41, 5.74) is 8.55. The smallest absolute Gasteiger partial charge is 0.394 e. The van der Waals surface area contributed by atoms with Crippen LogP contribution in [0.5, 0.6) is 5.75 Å². The second-order valence-electron chi connectivity index (χ2n) is 5.38. The first-order valence-electron chi connectivity index (χ1n) is 7.04. The lowest BCUT2D eigenvalue weighted by Gasteiger charge is -2.15. The van der Waals surface area contributed by atoms with Gasteiger partial charge in [0.05, 0.1) is 4.47 Å². The lowest BCUT2D eigenvalue weighted by atomic mass is 10.0. The predicted molar refractivity (Wildman–Crippen MR) is 88.1 cm³/mol. The summed E-state index contributed by atoms with van der Waals surface area (Å²) in [6.45, 7) is 2.53. The van der Waals surface area contributed by atoms with Crippen LogP contribution in [0, 0.1) is 6.92 Å². The van der Waals surface area contributed by atoms with E-state index in [1.165, 1.54) is 16.9 Å². The molecule has 0 unspecified atom stereocenters. The maximum Gasteiger partial charge on any atom is 0.394 e. The normalized spacial score (nSPS) is 11.9. The third-order valence-corrected chi connectivity index (χ3v) is 4.06. The van der Waals surface area contributed by atoms with Crippen molar-refractivity contribution in [2.75, 3.05) is 5.73 Å². The highest BCUT2D eigenvalue weighted by atomic mass is 79.9. The summed E-state index contributed by atoms with van der Waals surface area (Å²) in [7, 11) is 0. The first kappa shape index (κ1) is 16.6. The lowest BCUT2D eigenvalue weighted by Crippen LogP contribution is -2.19. The number of alkyl halides is 2. The molecule has 9 heteroatoms. The van der Waals surface area contributed by atoms with Gasteiger partial charge in [0.2, 0.25) is 0 Å². The number of benzene rings is 1. The number of anilines is 1. The quantitative estimate of drug-likeness (QED) is 0.729. The van der Waals surface area contributed by atoms with Crippen LogP contribution in [0.4, 0.5) is 14.6 Å². The molecule has 0 fully saturated rings. The molecular weight excluding hydrogens is 384 g/mol. The Morgan fingerprint density at radius 1 is 1.38 bits per heavy atom. The molecule has 0 aliphatic heterocycles. The van der Waals surface area contributed by atoms with Crippen molar-refractivity contribution in [3.8, 4) is 5.75 Å². The SMILES string of the molecule is Cc1nc2ncnn2c(N)c1Cc1ccc(OC(C)(F)F)c(Br)c1. The fourth-order valence-corrected chi connectivity index (χ4v) is 2.87. The van der Waals surface area contributed by atoms with Crippen LogP contribution in [-0.4, -0.2) is 25.7 Å². The average molecular weight is 398 g/mol. The zero-order chi connectivity index (χ0) is 17.5. The van der Waals surface area contributed by atoms with Crippen molar-refractivity contribution in [3.63, 3.8) is 0 Å². The molecule has 0 atom stereocenters. The molecule has 126 valence electrons. The van der Waals surface area contributed by atoms with Crippen LogP contribution < -0.4 is 10.5 Å². The Hall–Kier alpha value is -2.29. The molecule has 6 nitrogen and oxygen atoms in total. The number of rotatable bonds is 4. The molecule has 0 bridgehead atoms. The van der Waals surface area contributed by atoms with E-state index in [2.05, 4.69) is 35.7 Å². The number of aromatic nitrogens is 4. The largest absolute Gasteiger partial charge is 0.432 e. The summed E-state index contributed by atoms with van der Waals surface area (Å²) in [6, 6.07) is 4.91. The fraction of sp³-hybridized carbons (Fsp3) is 0.267. The van der Waals surface area contributed by atoms with Crippen molar-refractivity contribution in [2.45, 2.75) is 26.4 Å². The minimum atomic E-state index is -3.24. The minimum absolute atomic E-state index is 0.0702. The number of hydrogen-bond acceptors (Lipinski definition) is 5. The van der Waals surface area contributed by atoms with Gasteiger partial charge in [-0.1, -0.05) is 6.07 Å². The van der Waals surface area contributed by atoms with Crippen LogP contribution in [0.2, 0.25) is 0 Å². The standard InChI is InChI=1S/C15H14BrF2N5O/c1-8-10(13(19)23-14(22-8)20-7-21-23)5-9-3-4-12(11(16)6-9)24-15(2,17)18/h3-4,6-7H,5,19H2,1-2H3. The Morgan fingerprint density at radius 2 is 2.12 bits per heavy atom. The third kappa shape index (κ3) is 3.30. The van der Waals surface area contributed by atoms with E-state index in [1.807, 2.05) is 6.92 Å². The van der Waals surface area contributed by atoms with E-state index in [4.69, 9.17) is 5.73 Å². The zero-order valence-corrected chi connectivity index (χ0v) is 14.5. The van der Waals surface area contributed by atoms with Gasteiger partial charge in [0.25, 0.3) is 5.78 Å². The number of nitrogen functional groups attached to an aromatic ring is 1. The molecule has 1 aromatic carbocycles. The summed E-state index contributed by atoms with van der Waals surface area (Å²) >= 11 is 3.25. The molecular formula is C15H14BrF2N5O. The van der Waals surface area contributed by atoms with Crippen molar-refractivity contribution < 1.29 is 13.5 Å². The molecule has 3 aromatic rings. The van der Waals surface area contributed by atoms with E-state index >= 15 is 0 Å². The number of halogens is 3. The Bertz CT molecular complexity index is 907. The molecule has 3 rings (SSSR count). The molecule has 2 N–H and O–H groups in total. The summed E-state index contributed by atoms with van der Waals surface area (Å²) in [4.78, 5) is 8.37. The molecule has 24 heavy (non-hydrogen) atoms. The first-order valence-corrected chi connectivity index (χ1v) is 7.84. The monoisotopic (exact) mass is 397 g/mol. The number of aryl methyl sites for hydroxylation is 1. The summed E-state index contributed by atoms with van der Waals surface area (Å²) < 4.78 is 32.4. The number of hydrogen-bond donors (Lipinski definition) is 1. The Balaban J connectivity index is 1.93. The van der Waals surface area contributed by atoms with Crippen molar-refractivity contribution >= 4 is 27.5 Å². The fourth-order valence-electron chi connectivity index (χ4n) is 2.37. The van der Waals surface area contributed by atoms with Gasteiger partial charge >= 0.3 is 6.11 Å². The van der Waals surface area contributed by atoms with E-state index in [-0.39, 0.29) is 5.75 Å². The average Bonchev–Trinajstić information content (AvgIpc) is 2.93. The van der Waals surface area contributed by atoms with Gasteiger partial charge in [0.15, 0.2) is 0 Å². The van der Waals surface area contributed by atoms with Crippen molar-refractivity contribution in [1.29, 1.82) is 0 Å². The van der Waals surface area contributed by atoms with Gasteiger partial charge in [0, 0.05) is 24.6 Å². The molecule has 0 saturated heterocycles. The van der Waals surface area contributed by atoms with Crippen LogP contribution in [0.1, 0.15) is 23.7 Å². The van der Waals surface area contributed by atoms with Gasteiger partial charge in [-0.05, 0) is 40.5 Å². The topological polar surface area (TPSA) is 78.3 Å². The Labute approximate surface area is 144 Å². The third-order valence-electron chi connectivity index (χ3n) is 3.44. The molecule has 2 aromatic heterocycles. The van der Waals surface area contributed by atoms with E-state index in [1.54, 1.807) is 12.1 Å². The molecule has 0 saturated carbocycles. The molecule has 0 aliphatic carbocycles. The molecule has 0 radical (unpaired) electrons. The number of nitrogens with zero attached hydrogens (tertiary/aromatic N) is 4. The second kappa shape index (κ2) is 5.97. The Morgan fingerprint density at radius 3 is 2.79 bits per heavy atom. The van der Waals surface area contributed by atoms with E-state index in [9.17, 15) is 8.78 Å². The van der Waals surface area contributed by atoms with Crippen LogP contribution in [0.3, 0.4) is 0 Å². The number of fused-ring (bicyclic) bond motifs is 1. The zero-order valence-electron chi connectivity index (χ0n) is 12.9.